The van der Waals surface area contributed by atoms with E-state index >= 15 is 0 Å². The fourth-order valence-corrected chi connectivity index (χ4v) is 2.75. The largest absolute Gasteiger partial charge is 0.346 e. The Balaban J connectivity index is 2.19. The highest BCUT2D eigenvalue weighted by Crippen LogP contribution is 2.43. The second-order valence-corrected chi connectivity index (χ2v) is 4.47. The lowest BCUT2D eigenvalue weighted by Gasteiger charge is -2.01. The molecule has 1 heterocycles. The van der Waals surface area contributed by atoms with Gasteiger partial charge in [-0.2, -0.15) is 0 Å². The molecule has 1 aliphatic carbocycles. The third kappa shape index (κ3) is 1.04. The minimum Gasteiger partial charge on any atom is -0.346 e. The molecule has 3 aromatic rings. The van der Waals surface area contributed by atoms with E-state index in [9.17, 15) is 0 Å². The van der Waals surface area contributed by atoms with E-state index in [-0.39, 0.29) is 0 Å². The highest BCUT2D eigenvalue weighted by molar-refractivity contribution is 6.02. The molecule has 0 saturated heterocycles. The van der Waals surface area contributed by atoms with Crippen molar-refractivity contribution in [2.45, 2.75) is 0 Å². The minimum absolute atomic E-state index is 1.20. The first-order valence-electron chi connectivity index (χ1n) is 5.80. The van der Waals surface area contributed by atoms with Gasteiger partial charge in [0.1, 0.15) is 0 Å². The number of rotatable bonds is 0. The topological polar surface area (TPSA) is 4.93 Å². The molecule has 0 fully saturated rings. The smallest absolute Gasteiger partial charge is 0.0697 e. The summed E-state index contributed by atoms with van der Waals surface area (Å²) in [5, 5.41) is 1.32. The van der Waals surface area contributed by atoms with Gasteiger partial charge in [-0.25, -0.2) is 0 Å². The molecule has 0 spiro atoms. The lowest BCUT2D eigenvalue weighted by Crippen LogP contribution is -1.92. The molecule has 2 radical (unpaired) electrons. The molecule has 1 aromatic heterocycles. The Morgan fingerprint density at radius 3 is 2.65 bits per heavy atom. The van der Waals surface area contributed by atoms with Crippen LogP contribution in [0.15, 0.2) is 48.5 Å². The Morgan fingerprint density at radius 2 is 1.71 bits per heavy atom. The van der Waals surface area contributed by atoms with E-state index in [4.69, 9.17) is 0 Å². The number of hydrogen-bond acceptors (Lipinski definition) is 0. The van der Waals surface area contributed by atoms with Crippen LogP contribution in [0.3, 0.4) is 0 Å². The molecule has 0 N–H and O–H groups in total. The van der Waals surface area contributed by atoms with Gasteiger partial charge < -0.3 is 4.57 Å². The molecule has 0 aliphatic heterocycles. The molecular formula is C16H11N. The van der Waals surface area contributed by atoms with Gasteiger partial charge in [0.15, 0.2) is 0 Å². The molecule has 1 aliphatic rings. The molecule has 2 aromatic carbocycles. The third-order valence-electron chi connectivity index (χ3n) is 3.56. The summed E-state index contributed by atoms with van der Waals surface area (Å²) in [5.41, 5.74) is 6.32. The quantitative estimate of drug-likeness (QED) is 0.424. The van der Waals surface area contributed by atoms with Gasteiger partial charge in [-0.1, -0.05) is 42.5 Å². The van der Waals surface area contributed by atoms with Gasteiger partial charge in [-0.3, -0.25) is 0 Å². The maximum absolute atomic E-state index is 3.50. The summed E-state index contributed by atoms with van der Waals surface area (Å²) in [6, 6.07) is 17.0. The van der Waals surface area contributed by atoms with Crippen molar-refractivity contribution < 1.29 is 0 Å². The Morgan fingerprint density at radius 1 is 0.941 bits per heavy atom. The molecule has 0 unspecified atom stereocenters. The normalized spacial score (nSPS) is 12.8. The Hall–Kier alpha value is -2.02. The van der Waals surface area contributed by atoms with E-state index in [0.717, 1.165) is 0 Å². The fraction of sp³-hybridized carbons (Fsp3) is 0.0625. The summed E-state index contributed by atoms with van der Waals surface area (Å²) < 4.78 is 2.23. The molecule has 0 amide bonds. The molecule has 1 nitrogen and oxygen atoms in total. The van der Waals surface area contributed by atoms with Crippen LogP contribution < -0.4 is 0 Å². The van der Waals surface area contributed by atoms with Crippen molar-refractivity contribution in [3.8, 4) is 11.1 Å². The number of aromatic nitrogens is 1. The predicted molar refractivity (Wildman–Crippen MR) is 69.8 cm³/mol. The number of aryl methyl sites for hydroxylation is 1. The molecule has 1 heteroatoms. The number of para-hydroxylation sites is 1. The zero-order valence-electron chi connectivity index (χ0n) is 9.57. The Labute approximate surface area is 100 Å². The highest BCUT2D eigenvalue weighted by atomic mass is 15.0. The fourth-order valence-electron chi connectivity index (χ4n) is 2.75. The first kappa shape index (κ1) is 9.06. The Bertz CT molecular complexity index is 734. The van der Waals surface area contributed by atoms with Crippen LogP contribution in [0.25, 0.3) is 22.0 Å². The molecule has 0 bridgehead atoms. The van der Waals surface area contributed by atoms with Gasteiger partial charge in [-0.15, -0.1) is 0 Å². The van der Waals surface area contributed by atoms with E-state index in [1.165, 1.54) is 33.3 Å². The lowest BCUT2D eigenvalue weighted by molar-refractivity contribution is 0.936. The average molecular weight is 217 g/mol. The summed E-state index contributed by atoms with van der Waals surface area (Å²) >= 11 is 0. The van der Waals surface area contributed by atoms with Crippen LogP contribution in [0.2, 0.25) is 0 Å². The van der Waals surface area contributed by atoms with Crippen molar-refractivity contribution in [2.24, 2.45) is 7.05 Å². The Kier molecular flexibility index (Phi) is 1.60. The number of fused-ring (bicyclic) bond motifs is 5. The summed E-state index contributed by atoms with van der Waals surface area (Å²) in [4.78, 5) is 0. The first-order chi connectivity index (χ1) is 8.36. The zero-order valence-corrected chi connectivity index (χ0v) is 9.57. The highest BCUT2D eigenvalue weighted by Gasteiger charge is 2.25. The van der Waals surface area contributed by atoms with E-state index < -0.39 is 0 Å². The van der Waals surface area contributed by atoms with E-state index in [1.54, 1.807) is 0 Å². The molecule has 80 valence electrons. The van der Waals surface area contributed by atoms with Crippen molar-refractivity contribution in [3.63, 3.8) is 0 Å². The van der Waals surface area contributed by atoms with E-state index in [2.05, 4.69) is 66.6 Å². The van der Waals surface area contributed by atoms with Crippen LogP contribution in [0.5, 0.6) is 0 Å². The molecule has 17 heavy (non-hydrogen) atoms. The SMILES string of the molecule is Cn1c2c(c3ccccc31)-c1ccccc1[C]2. The number of hydrogen-bond donors (Lipinski definition) is 0. The molecule has 0 saturated carbocycles. The summed E-state index contributed by atoms with van der Waals surface area (Å²) in [6.07, 6.45) is 3.50. The van der Waals surface area contributed by atoms with Crippen molar-refractivity contribution in [3.05, 3.63) is 66.2 Å². The van der Waals surface area contributed by atoms with Crippen LogP contribution in [0.1, 0.15) is 11.3 Å². The number of nitrogens with zero attached hydrogens (tertiary/aromatic N) is 1. The third-order valence-corrected chi connectivity index (χ3v) is 3.56. The summed E-state index contributed by atoms with van der Waals surface area (Å²) in [5.74, 6) is 0. The van der Waals surface area contributed by atoms with Gasteiger partial charge in [0.25, 0.3) is 0 Å². The summed E-state index contributed by atoms with van der Waals surface area (Å²) in [7, 11) is 2.11. The van der Waals surface area contributed by atoms with Gasteiger partial charge in [0.2, 0.25) is 0 Å². The maximum atomic E-state index is 3.50. The predicted octanol–water partition coefficient (Wildman–Crippen LogP) is 3.64. The van der Waals surface area contributed by atoms with Crippen LogP contribution in [0, 0.1) is 6.42 Å². The lowest BCUT2D eigenvalue weighted by atomic mass is 10.0. The molecular weight excluding hydrogens is 206 g/mol. The standard InChI is InChI=1S/C16H11N/c1-17-14-9-5-4-8-13(14)16-12-7-3-2-6-11(12)10-15(16)17/h2-9H,1H3. The van der Waals surface area contributed by atoms with Crippen molar-refractivity contribution in [2.75, 3.05) is 0 Å². The van der Waals surface area contributed by atoms with Crippen LogP contribution in [-0.2, 0) is 7.05 Å². The van der Waals surface area contributed by atoms with Gasteiger partial charge >= 0.3 is 0 Å². The van der Waals surface area contributed by atoms with Crippen molar-refractivity contribution in [1.29, 1.82) is 0 Å². The summed E-state index contributed by atoms with van der Waals surface area (Å²) in [6.45, 7) is 0. The molecule has 0 atom stereocenters. The maximum Gasteiger partial charge on any atom is 0.0697 e. The zero-order chi connectivity index (χ0) is 11.4. The van der Waals surface area contributed by atoms with Crippen molar-refractivity contribution in [1.82, 2.24) is 4.57 Å². The second-order valence-electron chi connectivity index (χ2n) is 4.47. The van der Waals surface area contributed by atoms with Crippen LogP contribution in [-0.4, -0.2) is 4.57 Å². The monoisotopic (exact) mass is 217 g/mol. The number of benzene rings is 2. The van der Waals surface area contributed by atoms with Gasteiger partial charge in [0.05, 0.1) is 6.42 Å². The van der Waals surface area contributed by atoms with Crippen molar-refractivity contribution >= 4 is 10.9 Å². The molecule has 4 rings (SSSR count). The van der Waals surface area contributed by atoms with Crippen LogP contribution >= 0.6 is 0 Å². The van der Waals surface area contributed by atoms with Crippen LogP contribution in [0.4, 0.5) is 0 Å². The second kappa shape index (κ2) is 3.01. The minimum atomic E-state index is 1.20. The van der Waals surface area contributed by atoms with E-state index in [1.807, 2.05) is 0 Å². The average Bonchev–Trinajstić information content (AvgIpc) is 2.88. The van der Waals surface area contributed by atoms with E-state index in [0.29, 0.717) is 0 Å². The first-order valence-corrected chi connectivity index (χ1v) is 5.80. The van der Waals surface area contributed by atoms with Gasteiger partial charge in [-0.05, 0) is 17.2 Å². The van der Waals surface area contributed by atoms with Gasteiger partial charge in [0, 0.05) is 29.2 Å².